The largest absolute Gasteiger partial charge is 0.321 e. The van der Waals surface area contributed by atoms with Gasteiger partial charge < -0.3 is 10.2 Å². The van der Waals surface area contributed by atoms with Crippen molar-refractivity contribution in [3.63, 3.8) is 0 Å². The summed E-state index contributed by atoms with van der Waals surface area (Å²) in [6.45, 7) is 0.548. The fraction of sp³-hybridized carbons (Fsp3) is 0.188. The van der Waals surface area contributed by atoms with Gasteiger partial charge in [-0.05, 0) is 42.5 Å². The molecule has 0 spiro atoms. The topological polar surface area (TPSA) is 55.8 Å². The van der Waals surface area contributed by atoms with Crippen LogP contribution in [-0.2, 0) is 11.5 Å². The number of nitrogens with zero attached hydrogens (tertiary/aromatic N) is 3. The second-order valence-electron chi connectivity index (χ2n) is 5.83. The van der Waals surface area contributed by atoms with Crippen molar-refractivity contribution in [2.75, 3.05) is 18.9 Å². The average Bonchev–Trinajstić information content (AvgIpc) is 2.86. The van der Waals surface area contributed by atoms with Crippen molar-refractivity contribution in [3.8, 4) is 0 Å². The summed E-state index contributed by atoms with van der Waals surface area (Å²) in [5, 5.41) is 7.96. The van der Waals surface area contributed by atoms with Gasteiger partial charge in [-0.2, -0.15) is 4.68 Å². The van der Waals surface area contributed by atoms with E-state index in [1.807, 2.05) is 7.05 Å². The highest BCUT2D eigenvalue weighted by Crippen LogP contribution is 2.21. The summed E-state index contributed by atoms with van der Waals surface area (Å²) in [5.74, 6) is -0.559. The summed E-state index contributed by atoms with van der Waals surface area (Å²) in [7, 11) is 1.84. The number of hydrogen-bond acceptors (Lipinski definition) is 3. The van der Waals surface area contributed by atoms with Gasteiger partial charge in [-0.15, -0.1) is 5.10 Å². The maximum Gasteiger partial charge on any atom is 0.279 e. The minimum absolute atomic E-state index is 0.182. The van der Waals surface area contributed by atoms with Crippen molar-refractivity contribution >= 4 is 52.7 Å². The smallest absolute Gasteiger partial charge is 0.279 e. The number of quaternary nitrogens is 1. The van der Waals surface area contributed by atoms with Gasteiger partial charge in [-0.1, -0.05) is 23.2 Å². The highest BCUT2D eigenvalue weighted by molar-refractivity contribution is 7.71. The fourth-order valence-corrected chi connectivity index (χ4v) is 3.23. The van der Waals surface area contributed by atoms with Crippen LogP contribution >= 0.6 is 35.4 Å². The number of benzene rings is 1. The van der Waals surface area contributed by atoms with Crippen LogP contribution in [0.2, 0.25) is 10.0 Å². The minimum Gasteiger partial charge on any atom is -0.321 e. The standard InChI is InChI=1S/C16H14Cl2FN5OS/c1-22(8-14(25)20-12-4-2-11(19)3-5-12)9-24-16(26)23-7-10(17)6-13(18)15(23)21-24/h2-7H,8-9H2,1H3,(H,20,25)/p+1. The number of anilines is 1. The van der Waals surface area contributed by atoms with Crippen LogP contribution in [0, 0.1) is 10.6 Å². The lowest BCUT2D eigenvalue weighted by atomic mass is 10.3. The number of carbonyl (C=O) groups excluding carboxylic acids is 1. The third-order valence-corrected chi connectivity index (χ3v) is 4.50. The van der Waals surface area contributed by atoms with E-state index in [1.165, 1.54) is 24.3 Å². The highest BCUT2D eigenvalue weighted by atomic mass is 35.5. The van der Waals surface area contributed by atoms with Gasteiger partial charge in [0.2, 0.25) is 4.77 Å². The molecule has 0 aliphatic carbocycles. The zero-order chi connectivity index (χ0) is 18.8. The highest BCUT2D eigenvalue weighted by Gasteiger charge is 2.15. The third-order valence-electron chi connectivity index (χ3n) is 3.61. The van der Waals surface area contributed by atoms with Crippen molar-refractivity contribution < 1.29 is 14.1 Å². The van der Waals surface area contributed by atoms with Gasteiger partial charge in [-0.3, -0.25) is 9.20 Å². The molecule has 26 heavy (non-hydrogen) atoms. The number of amides is 1. The monoisotopic (exact) mass is 414 g/mol. The SMILES string of the molecule is C[NH+](CC(=O)Nc1ccc(F)cc1)Cn1nc2c(Cl)cc(Cl)cn2c1=S. The van der Waals surface area contributed by atoms with Gasteiger partial charge in [0.1, 0.15) is 5.82 Å². The molecule has 2 N–H and O–H groups in total. The molecule has 2 aromatic heterocycles. The third kappa shape index (κ3) is 4.21. The Kier molecular flexibility index (Phi) is 5.57. The normalized spacial score (nSPS) is 12.3. The van der Waals surface area contributed by atoms with Gasteiger partial charge in [0.15, 0.2) is 18.9 Å². The number of likely N-dealkylation sites (N-methyl/N-ethyl adjacent to an activating group) is 1. The molecule has 0 fully saturated rings. The molecule has 0 radical (unpaired) electrons. The summed E-state index contributed by atoms with van der Waals surface area (Å²) < 4.78 is 16.6. The summed E-state index contributed by atoms with van der Waals surface area (Å²) in [6.07, 6.45) is 1.64. The molecule has 3 aromatic rings. The van der Waals surface area contributed by atoms with Crippen LogP contribution in [0.25, 0.3) is 5.65 Å². The lowest BCUT2D eigenvalue weighted by molar-refractivity contribution is -0.895. The molecule has 0 saturated heterocycles. The van der Waals surface area contributed by atoms with E-state index in [1.54, 1.807) is 21.3 Å². The molecule has 0 bridgehead atoms. The Morgan fingerprint density at radius 3 is 2.73 bits per heavy atom. The number of aromatic nitrogens is 3. The van der Waals surface area contributed by atoms with E-state index in [-0.39, 0.29) is 18.3 Å². The number of hydrogen-bond donors (Lipinski definition) is 2. The molecule has 2 heterocycles. The Labute approximate surface area is 163 Å². The summed E-state index contributed by atoms with van der Waals surface area (Å²) in [6, 6.07) is 7.18. The number of fused-ring (bicyclic) bond motifs is 1. The van der Waals surface area contributed by atoms with Crippen molar-refractivity contribution in [2.45, 2.75) is 6.67 Å². The molecule has 1 atom stereocenters. The van der Waals surface area contributed by atoms with E-state index in [2.05, 4.69) is 10.4 Å². The van der Waals surface area contributed by atoms with Gasteiger partial charge in [0.25, 0.3) is 5.91 Å². The van der Waals surface area contributed by atoms with Crippen molar-refractivity contribution in [1.82, 2.24) is 14.2 Å². The molecule has 6 nitrogen and oxygen atoms in total. The minimum atomic E-state index is -0.356. The van der Waals surface area contributed by atoms with Crippen LogP contribution in [0.5, 0.6) is 0 Å². The molecule has 0 aliphatic rings. The lowest BCUT2D eigenvalue weighted by Crippen LogP contribution is -3.09. The molecular formula is C16H15Cl2FN5OS+. The molecule has 1 amide bonds. The molecule has 0 saturated carbocycles. The maximum atomic E-state index is 12.9. The van der Waals surface area contributed by atoms with Crippen molar-refractivity contribution in [3.05, 3.63) is 57.2 Å². The zero-order valence-electron chi connectivity index (χ0n) is 13.7. The van der Waals surface area contributed by atoms with E-state index >= 15 is 0 Å². The first-order valence-corrected chi connectivity index (χ1v) is 8.81. The number of rotatable bonds is 5. The molecular weight excluding hydrogens is 400 g/mol. The average molecular weight is 415 g/mol. The van der Waals surface area contributed by atoms with Crippen molar-refractivity contribution in [2.24, 2.45) is 0 Å². The molecule has 136 valence electrons. The number of pyridine rings is 1. The Morgan fingerprint density at radius 2 is 2.04 bits per heavy atom. The van der Waals surface area contributed by atoms with E-state index in [0.717, 1.165) is 4.90 Å². The molecule has 3 rings (SSSR count). The van der Waals surface area contributed by atoms with Gasteiger partial charge in [-0.25, -0.2) is 4.39 Å². The van der Waals surface area contributed by atoms with Gasteiger partial charge in [0.05, 0.1) is 17.1 Å². The molecule has 1 aromatic carbocycles. The Morgan fingerprint density at radius 1 is 1.35 bits per heavy atom. The van der Waals surface area contributed by atoms with E-state index in [0.29, 0.717) is 32.8 Å². The van der Waals surface area contributed by atoms with E-state index < -0.39 is 0 Å². The Bertz CT molecular complexity index is 1020. The van der Waals surface area contributed by atoms with Gasteiger partial charge >= 0.3 is 0 Å². The van der Waals surface area contributed by atoms with Crippen molar-refractivity contribution in [1.29, 1.82) is 0 Å². The first-order valence-electron chi connectivity index (χ1n) is 7.64. The predicted octanol–water partition coefficient (Wildman–Crippen LogP) is 2.42. The summed E-state index contributed by atoms with van der Waals surface area (Å²) in [5.41, 5.74) is 1.04. The Balaban J connectivity index is 1.69. The van der Waals surface area contributed by atoms with Crippen LogP contribution in [-0.4, -0.2) is 33.7 Å². The van der Waals surface area contributed by atoms with Crippen LogP contribution < -0.4 is 10.2 Å². The van der Waals surface area contributed by atoms with Crippen LogP contribution in [0.4, 0.5) is 10.1 Å². The van der Waals surface area contributed by atoms with Crippen LogP contribution in [0.1, 0.15) is 0 Å². The number of nitrogens with one attached hydrogen (secondary N) is 2. The van der Waals surface area contributed by atoms with E-state index in [9.17, 15) is 9.18 Å². The quantitative estimate of drug-likeness (QED) is 0.630. The molecule has 0 aliphatic heterocycles. The van der Waals surface area contributed by atoms with Gasteiger partial charge in [0, 0.05) is 11.9 Å². The zero-order valence-corrected chi connectivity index (χ0v) is 16.0. The fourth-order valence-electron chi connectivity index (χ4n) is 2.47. The summed E-state index contributed by atoms with van der Waals surface area (Å²) in [4.78, 5) is 13.0. The molecule has 10 heteroatoms. The van der Waals surface area contributed by atoms with E-state index in [4.69, 9.17) is 35.4 Å². The number of halogens is 3. The summed E-state index contributed by atoms with van der Waals surface area (Å²) >= 11 is 17.5. The van der Waals surface area contributed by atoms with Crippen LogP contribution in [0.3, 0.4) is 0 Å². The number of carbonyl (C=O) groups is 1. The maximum absolute atomic E-state index is 12.9. The molecule has 1 unspecified atom stereocenters. The first-order chi connectivity index (χ1) is 12.3. The first kappa shape index (κ1) is 18.8. The predicted molar refractivity (Wildman–Crippen MR) is 101 cm³/mol. The van der Waals surface area contributed by atoms with Crippen LogP contribution in [0.15, 0.2) is 36.5 Å². The second-order valence-corrected chi connectivity index (χ2v) is 7.04. The second kappa shape index (κ2) is 7.71. The Hall–Kier alpha value is -2.00. The lowest BCUT2D eigenvalue weighted by Gasteiger charge is -2.13.